The third-order valence-electron chi connectivity index (χ3n) is 11.5. The van der Waals surface area contributed by atoms with Crippen molar-refractivity contribution in [2.24, 2.45) is 58.2 Å². The highest BCUT2D eigenvalue weighted by molar-refractivity contribution is 5.66. The zero-order valence-electron chi connectivity index (χ0n) is 21.9. The summed E-state index contributed by atoms with van der Waals surface area (Å²) in [4.78, 5) is 32.0. The van der Waals surface area contributed by atoms with E-state index >= 15 is 0 Å². The standard InChI is InChI=1S/C27H46O8/c1-16(5-8-24(28)29)20-6-7-21-25-22(12-19(15-34-31)27(20,21)3)26(2)10-9-17(14-33-30)11-18(26)13-23(25)35-32-4/h16-23,25,30-31H,5-15H2,1-4H3,(H,28,29)/t16-,17-,18+,19-,20-,21+,22+,23-,25+,26+,27-/m1/s1. The van der Waals surface area contributed by atoms with Crippen molar-refractivity contribution >= 4 is 5.97 Å². The van der Waals surface area contributed by atoms with Crippen LogP contribution in [0.2, 0.25) is 0 Å². The third-order valence-corrected chi connectivity index (χ3v) is 11.5. The molecule has 8 nitrogen and oxygen atoms in total. The van der Waals surface area contributed by atoms with Crippen LogP contribution in [0.25, 0.3) is 0 Å². The predicted octanol–water partition coefficient (Wildman–Crippen LogP) is 5.52. The SMILES string of the molecule is COO[C@@H]1C[C@@H]2C[C@H](COO)CC[C@]2(C)[C@H]2C[C@H](COO)[C@]3(C)[C@@H]([C@H](C)CCC(=O)O)CC[C@H]3[C@H]12. The average molecular weight is 499 g/mol. The van der Waals surface area contributed by atoms with Gasteiger partial charge < -0.3 is 5.11 Å². The van der Waals surface area contributed by atoms with Gasteiger partial charge in [-0.1, -0.05) is 20.8 Å². The summed E-state index contributed by atoms with van der Waals surface area (Å²) in [6.45, 7) is 7.73. The molecule has 35 heavy (non-hydrogen) atoms. The van der Waals surface area contributed by atoms with Gasteiger partial charge in [-0.05, 0) is 110 Å². The van der Waals surface area contributed by atoms with Gasteiger partial charge in [0, 0.05) is 6.42 Å². The second-order valence-electron chi connectivity index (χ2n) is 12.7. The van der Waals surface area contributed by atoms with Crippen LogP contribution in [0.1, 0.15) is 78.6 Å². The zero-order valence-corrected chi connectivity index (χ0v) is 21.9. The van der Waals surface area contributed by atoms with Gasteiger partial charge in [0.05, 0.1) is 26.4 Å². The van der Waals surface area contributed by atoms with Crippen LogP contribution in [0.5, 0.6) is 0 Å². The van der Waals surface area contributed by atoms with Crippen molar-refractivity contribution in [3.05, 3.63) is 0 Å². The first kappa shape index (κ1) is 27.3. The van der Waals surface area contributed by atoms with E-state index in [-0.39, 0.29) is 29.3 Å². The summed E-state index contributed by atoms with van der Waals surface area (Å²) in [5.74, 6) is 2.17. The molecule has 8 heteroatoms. The van der Waals surface area contributed by atoms with Gasteiger partial charge in [-0.25, -0.2) is 19.6 Å². The molecule has 4 rings (SSSR count). The normalized spacial score (nSPS) is 45.9. The molecule has 0 spiro atoms. The zero-order chi connectivity index (χ0) is 25.4. The lowest BCUT2D eigenvalue weighted by molar-refractivity contribution is -0.350. The molecule has 0 radical (unpaired) electrons. The smallest absolute Gasteiger partial charge is 0.303 e. The van der Waals surface area contributed by atoms with Crippen molar-refractivity contribution in [2.75, 3.05) is 20.3 Å². The van der Waals surface area contributed by atoms with Crippen LogP contribution in [-0.2, 0) is 24.3 Å². The highest BCUT2D eigenvalue weighted by Gasteiger charge is 2.66. The number of carboxylic acids is 1. The van der Waals surface area contributed by atoms with E-state index in [2.05, 4.69) is 25.7 Å². The maximum absolute atomic E-state index is 11.3. The topological polar surface area (TPSA) is 115 Å². The van der Waals surface area contributed by atoms with Gasteiger partial charge >= 0.3 is 5.97 Å². The number of hydrogen-bond donors (Lipinski definition) is 3. The fourth-order valence-electron chi connectivity index (χ4n) is 9.76. The van der Waals surface area contributed by atoms with E-state index in [4.69, 9.17) is 19.9 Å². The number of aliphatic carboxylic acids is 1. The van der Waals surface area contributed by atoms with E-state index in [1.54, 1.807) is 7.11 Å². The van der Waals surface area contributed by atoms with Crippen molar-refractivity contribution in [3.8, 4) is 0 Å². The van der Waals surface area contributed by atoms with Gasteiger partial charge in [0.1, 0.15) is 0 Å². The third kappa shape index (κ3) is 4.79. The molecule has 0 unspecified atom stereocenters. The van der Waals surface area contributed by atoms with Crippen LogP contribution < -0.4 is 0 Å². The number of hydrogen-bond acceptors (Lipinski definition) is 7. The Hall–Kier alpha value is -0.770. The van der Waals surface area contributed by atoms with E-state index in [0.29, 0.717) is 61.1 Å². The molecule has 0 aromatic heterocycles. The van der Waals surface area contributed by atoms with Crippen LogP contribution in [0.4, 0.5) is 0 Å². The molecule has 4 aliphatic rings. The quantitative estimate of drug-likeness (QED) is 0.266. The molecule has 0 saturated heterocycles. The first-order valence-corrected chi connectivity index (χ1v) is 13.6. The summed E-state index contributed by atoms with van der Waals surface area (Å²) in [5.41, 5.74) is 0.106. The van der Waals surface area contributed by atoms with Crippen LogP contribution in [0, 0.1) is 58.2 Å². The van der Waals surface area contributed by atoms with Gasteiger partial charge in [-0.15, -0.1) is 0 Å². The minimum absolute atomic E-state index is 0.00488. The van der Waals surface area contributed by atoms with Crippen LogP contribution in [0.3, 0.4) is 0 Å². The van der Waals surface area contributed by atoms with Gasteiger partial charge in [-0.2, -0.15) is 0 Å². The molecule has 4 aliphatic carbocycles. The molecular formula is C27H46O8. The maximum Gasteiger partial charge on any atom is 0.303 e. The first-order chi connectivity index (χ1) is 16.7. The van der Waals surface area contributed by atoms with Gasteiger partial charge in [-0.3, -0.25) is 15.3 Å². The molecule has 202 valence electrons. The summed E-state index contributed by atoms with van der Waals surface area (Å²) in [6, 6.07) is 0. The Balaban J connectivity index is 1.66. The molecule has 11 atom stereocenters. The van der Waals surface area contributed by atoms with Crippen molar-refractivity contribution in [1.82, 2.24) is 0 Å². The van der Waals surface area contributed by atoms with Crippen molar-refractivity contribution < 1.29 is 40.0 Å². The van der Waals surface area contributed by atoms with E-state index < -0.39 is 5.97 Å². The second-order valence-corrected chi connectivity index (χ2v) is 12.7. The van der Waals surface area contributed by atoms with Crippen LogP contribution in [-0.4, -0.2) is 48.0 Å². The summed E-state index contributed by atoms with van der Waals surface area (Å²) in [7, 11) is 1.60. The first-order valence-electron chi connectivity index (χ1n) is 13.6. The van der Waals surface area contributed by atoms with Crippen LogP contribution >= 0.6 is 0 Å². The monoisotopic (exact) mass is 498 g/mol. The lowest BCUT2D eigenvalue weighted by Crippen LogP contribution is -2.61. The molecular weight excluding hydrogens is 452 g/mol. The van der Waals surface area contributed by atoms with Gasteiger partial charge in [0.15, 0.2) is 0 Å². The summed E-state index contributed by atoms with van der Waals surface area (Å²) in [6.07, 6.45) is 8.11. The largest absolute Gasteiger partial charge is 0.481 e. The molecule has 3 N–H and O–H groups in total. The molecule has 0 bridgehead atoms. The fraction of sp³-hybridized carbons (Fsp3) is 0.963. The number of rotatable bonds is 10. The molecule has 4 fully saturated rings. The van der Waals surface area contributed by atoms with E-state index in [9.17, 15) is 15.2 Å². The molecule has 0 aromatic rings. The van der Waals surface area contributed by atoms with Crippen molar-refractivity contribution in [3.63, 3.8) is 0 Å². The molecule has 0 heterocycles. The Morgan fingerprint density at radius 2 is 1.77 bits per heavy atom. The van der Waals surface area contributed by atoms with E-state index in [0.717, 1.165) is 44.9 Å². The highest BCUT2D eigenvalue weighted by atomic mass is 17.2. The summed E-state index contributed by atoms with van der Waals surface area (Å²) in [5, 5.41) is 27.9. The minimum atomic E-state index is -0.738. The number of carbonyl (C=O) groups is 1. The minimum Gasteiger partial charge on any atom is -0.481 e. The highest BCUT2D eigenvalue weighted by Crippen LogP contribution is 2.70. The maximum atomic E-state index is 11.3. The lowest BCUT2D eigenvalue weighted by Gasteiger charge is -2.64. The Morgan fingerprint density at radius 3 is 2.43 bits per heavy atom. The van der Waals surface area contributed by atoms with Crippen molar-refractivity contribution in [2.45, 2.75) is 84.7 Å². The summed E-state index contributed by atoms with van der Waals surface area (Å²) >= 11 is 0. The van der Waals surface area contributed by atoms with Crippen LogP contribution in [0.15, 0.2) is 0 Å². The summed E-state index contributed by atoms with van der Waals surface area (Å²) < 4.78 is 0. The fourth-order valence-corrected chi connectivity index (χ4v) is 9.76. The Bertz CT molecular complexity index is 732. The molecule has 0 amide bonds. The molecule has 4 saturated carbocycles. The average Bonchev–Trinajstić information content (AvgIpc) is 3.17. The lowest BCUT2D eigenvalue weighted by atomic mass is 9.41. The number of fused-ring (bicyclic) bond motifs is 5. The molecule has 0 aliphatic heterocycles. The van der Waals surface area contributed by atoms with E-state index in [1.807, 2.05) is 0 Å². The van der Waals surface area contributed by atoms with Crippen molar-refractivity contribution in [1.29, 1.82) is 0 Å². The van der Waals surface area contributed by atoms with E-state index in [1.165, 1.54) is 0 Å². The Morgan fingerprint density at radius 1 is 1.03 bits per heavy atom. The number of carboxylic acid groups (broad SMARTS) is 1. The molecule has 0 aromatic carbocycles. The van der Waals surface area contributed by atoms with Gasteiger partial charge in [0.2, 0.25) is 0 Å². The Kier molecular flexibility index (Phi) is 8.51. The Labute approximate surface area is 209 Å². The predicted molar refractivity (Wildman–Crippen MR) is 128 cm³/mol. The van der Waals surface area contributed by atoms with Gasteiger partial charge in [0.25, 0.3) is 0 Å². The second kappa shape index (κ2) is 10.9.